The van der Waals surface area contributed by atoms with Crippen molar-refractivity contribution in [3.63, 3.8) is 0 Å². The molecule has 8 heteroatoms. The minimum absolute atomic E-state index is 0.203. The number of nitrogens with two attached hydrogens (primary N) is 1. The Morgan fingerprint density at radius 2 is 2.10 bits per heavy atom. The van der Waals surface area contributed by atoms with Crippen molar-refractivity contribution in [3.05, 3.63) is 77.8 Å². The first-order valence-electron chi connectivity index (χ1n) is 9.66. The maximum atomic E-state index is 14.2. The third-order valence-corrected chi connectivity index (χ3v) is 5.34. The third-order valence-electron chi connectivity index (χ3n) is 5.34. The molecular formula is C23H17FN6O. The van der Waals surface area contributed by atoms with E-state index in [0.29, 0.717) is 34.8 Å². The number of hydrogen-bond donors (Lipinski definition) is 1. The van der Waals surface area contributed by atoms with Crippen molar-refractivity contribution in [1.29, 1.82) is 5.26 Å². The molecule has 0 spiro atoms. The minimum Gasteiger partial charge on any atom is -0.482 e. The molecule has 31 heavy (non-hydrogen) atoms. The quantitative estimate of drug-likeness (QED) is 0.466. The van der Waals surface area contributed by atoms with Gasteiger partial charge in [0, 0.05) is 29.1 Å². The van der Waals surface area contributed by atoms with Gasteiger partial charge in [0.2, 0.25) is 0 Å². The van der Waals surface area contributed by atoms with E-state index in [0.717, 1.165) is 11.1 Å². The maximum absolute atomic E-state index is 14.2. The molecule has 2 bridgehead atoms. The fourth-order valence-electron chi connectivity index (χ4n) is 3.90. The van der Waals surface area contributed by atoms with E-state index in [1.54, 1.807) is 30.9 Å². The lowest BCUT2D eigenvalue weighted by atomic mass is 9.96. The van der Waals surface area contributed by atoms with Crippen molar-refractivity contribution in [2.75, 3.05) is 5.73 Å². The molecule has 1 aromatic carbocycles. The van der Waals surface area contributed by atoms with Gasteiger partial charge in [-0.2, -0.15) is 5.26 Å². The molecule has 1 aliphatic rings. The van der Waals surface area contributed by atoms with Gasteiger partial charge in [-0.15, -0.1) is 0 Å². The molecule has 7 nitrogen and oxygen atoms in total. The molecule has 1 aliphatic heterocycles. The van der Waals surface area contributed by atoms with Crippen LogP contribution < -0.4 is 10.5 Å². The Hall–Kier alpha value is -4.25. The predicted octanol–water partition coefficient (Wildman–Crippen LogP) is 4.10. The molecule has 0 radical (unpaired) electrons. The van der Waals surface area contributed by atoms with E-state index in [4.69, 9.17) is 10.5 Å². The van der Waals surface area contributed by atoms with Crippen LogP contribution in [-0.2, 0) is 6.54 Å². The molecular weight excluding hydrogens is 395 g/mol. The van der Waals surface area contributed by atoms with Crippen molar-refractivity contribution in [1.82, 2.24) is 19.5 Å². The zero-order valence-electron chi connectivity index (χ0n) is 16.6. The van der Waals surface area contributed by atoms with Crippen molar-refractivity contribution in [2.45, 2.75) is 19.6 Å². The van der Waals surface area contributed by atoms with E-state index in [9.17, 15) is 9.65 Å². The maximum Gasteiger partial charge on any atom is 0.166 e. The van der Waals surface area contributed by atoms with Crippen LogP contribution in [0.5, 0.6) is 5.75 Å². The number of halogens is 1. The summed E-state index contributed by atoms with van der Waals surface area (Å²) < 4.78 is 22.2. The molecule has 3 aromatic heterocycles. The number of aromatic nitrogens is 4. The smallest absolute Gasteiger partial charge is 0.166 e. The van der Waals surface area contributed by atoms with Crippen LogP contribution in [0.4, 0.5) is 10.2 Å². The Morgan fingerprint density at radius 1 is 1.23 bits per heavy atom. The summed E-state index contributed by atoms with van der Waals surface area (Å²) in [5.74, 6) is 0.182. The molecule has 4 heterocycles. The number of pyridine rings is 2. The van der Waals surface area contributed by atoms with Crippen LogP contribution in [0.1, 0.15) is 29.8 Å². The number of anilines is 1. The minimum atomic E-state index is -0.528. The van der Waals surface area contributed by atoms with Crippen LogP contribution in [-0.4, -0.2) is 19.5 Å². The highest BCUT2D eigenvalue weighted by molar-refractivity contribution is 5.71. The summed E-state index contributed by atoms with van der Waals surface area (Å²) in [5.41, 5.74) is 10.6. The average molecular weight is 412 g/mol. The van der Waals surface area contributed by atoms with Gasteiger partial charge in [-0.05, 0) is 42.8 Å². The Labute approximate surface area is 177 Å². The topological polar surface area (TPSA) is 103 Å². The van der Waals surface area contributed by atoms with Gasteiger partial charge in [0.05, 0.1) is 24.3 Å². The highest BCUT2D eigenvalue weighted by Crippen LogP contribution is 2.37. The van der Waals surface area contributed by atoms with Gasteiger partial charge in [0.25, 0.3) is 0 Å². The van der Waals surface area contributed by atoms with Crippen LogP contribution in [0.15, 0.2) is 55.1 Å². The number of nitriles is 1. The first kappa shape index (κ1) is 18.8. The Bertz CT molecular complexity index is 1360. The second kappa shape index (κ2) is 7.22. The Kier molecular flexibility index (Phi) is 4.37. The van der Waals surface area contributed by atoms with Gasteiger partial charge >= 0.3 is 0 Å². The van der Waals surface area contributed by atoms with Gasteiger partial charge in [0.1, 0.15) is 18.0 Å². The van der Waals surface area contributed by atoms with E-state index in [1.807, 2.05) is 23.6 Å². The van der Waals surface area contributed by atoms with Crippen molar-refractivity contribution < 1.29 is 9.13 Å². The number of hydrogen-bond acceptors (Lipinski definition) is 6. The van der Waals surface area contributed by atoms with Crippen LogP contribution in [0.25, 0.3) is 22.5 Å². The first-order valence-corrected chi connectivity index (χ1v) is 9.66. The molecule has 2 N–H and O–H groups in total. The number of ether oxygens (including phenoxy) is 1. The summed E-state index contributed by atoms with van der Waals surface area (Å²) in [7, 11) is 0. The van der Waals surface area contributed by atoms with E-state index in [2.05, 4.69) is 21.0 Å². The van der Waals surface area contributed by atoms with Crippen LogP contribution in [0.3, 0.4) is 0 Å². The normalized spacial score (nSPS) is 14.7. The summed E-state index contributed by atoms with van der Waals surface area (Å²) >= 11 is 0. The second-order valence-corrected chi connectivity index (χ2v) is 7.29. The summed E-state index contributed by atoms with van der Waals surface area (Å²) in [6.07, 6.45) is 4.37. The zero-order chi connectivity index (χ0) is 21.5. The molecule has 4 aromatic rings. The van der Waals surface area contributed by atoms with Gasteiger partial charge in [-0.1, -0.05) is 6.07 Å². The van der Waals surface area contributed by atoms with Crippen molar-refractivity contribution in [2.24, 2.45) is 0 Å². The highest BCUT2D eigenvalue weighted by Gasteiger charge is 2.23. The fraction of sp³-hybridized carbons (Fsp3) is 0.130. The molecule has 0 aliphatic carbocycles. The molecule has 0 saturated carbocycles. The van der Waals surface area contributed by atoms with Crippen LogP contribution >= 0.6 is 0 Å². The number of nitrogens with zero attached hydrogens (tertiary/aromatic N) is 5. The van der Waals surface area contributed by atoms with Gasteiger partial charge < -0.3 is 15.0 Å². The standard InChI is InChI=1S/C23H17FN6O/c1-13-18-8-16(24)4-5-17(18)21-14(3-2-6-27-21)11-30-12-29-19(9-25)22(30)15-7-20(31-13)23(26)28-10-15/h2-8,10,12-13H,11H2,1H3,(H2,26,28). The molecule has 1 unspecified atom stereocenters. The van der Waals surface area contributed by atoms with Gasteiger partial charge in [-0.25, -0.2) is 14.4 Å². The fourth-order valence-corrected chi connectivity index (χ4v) is 3.90. The van der Waals surface area contributed by atoms with Crippen molar-refractivity contribution >= 4 is 5.82 Å². The number of imidazole rings is 1. The second-order valence-electron chi connectivity index (χ2n) is 7.29. The van der Waals surface area contributed by atoms with Crippen LogP contribution in [0.2, 0.25) is 0 Å². The number of rotatable bonds is 0. The summed E-state index contributed by atoms with van der Waals surface area (Å²) in [6.45, 7) is 2.24. The molecule has 1 atom stereocenters. The van der Waals surface area contributed by atoms with E-state index in [-0.39, 0.29) is 17.3 Å². The number of benzene rings is 1. The summed E-state index contributed by atoms with van der Waals surface area (Å²) in [5, 5.41) is 9.60. The van der Waals surface area contributed by atoms with Crippen molar-refractivity contribution in [3.8, 4) is 34.3 Å². The SMILES string of the molecule is CC1Oc2cc(cnc2N)-c2c(C#N)ncn2Cc2cccnc2-c2ccc(F)cc21. The highest BCUT2D eigenvalue weighted by atomic mass is 19.1. The van der Waals surface area contributed by atoms with E-state index in [1.165, 1.54) is 12.1 Å². The average Bonchev–Trinajstić information content (AvgIpc) is 3.17. The monoisotopic (exact) mass is 412 g/mol. The zero-order valence-corrected chi connectivity index (χ0v) is 16.6. The summed E-state index contributed by atoms with van der Waals surface area (Å²) in [6, 6.07) is 12.2. The Morgan fingerprint density at radius 3 is 2.94 bits per heavy atom. The molecule has 0 amide bonds. The van der Waals surface area contributed by atoms with E-state index < -0.39 is 6.10 Å². The lowest BCUT2D eigenvalue weighted by Gasteiger charge is -2.22. The first-order chi connectivity index (χ1) is 15.0. The van der Waals surface area contributed by atoms with Gasteiger partial charge in [-0.3, -0.25) is 4.98 Å². The number of fused-ring (bicyclic) bond motifs is 7. The summed E-state index contributed by atoms with van der Waals surface area (Å²) in [4.78, 5) is 13.1. The molecule has 0 fully saturated rings. The predicted molar refractivity (Wildman–Crippen MR) is 112 cm³/mol. The lowest BCUT2D eigenvalue weighted by Crippen LogP contribution is -2.11. The van der Waals surface area contributed by atoms with E-state index >= 15 is 0 Å². The van der Waals surface area contributed by atoms with Gasteiger partial charge in [0.15, 0.2) is 17.3 Å². The van der Waals surface area contributed by atoms with Crippen LogP contribution in [0, 0.1) is 17.1 Å². The third kappa shape index (κ3) is 3.16. The molecule has 152 valence electrons. The number of nitrogen functional groups attached to an aromatic ring is 1. The largest absolute Gasteiger partial charge is 0.482 e. The lowest BCUT2D eigenvalue weighted by molar-refractivity contribution is 0.227. The Balaban J connectivity index is 1.83. The molecule has 5 rings (SSSR count). The molecule has 0 saturated heterocycles.